The lowest BCUT2D eigenvalue weighted by atomic mass is 10.1. The van der Waals surface area contributed by atoms with Crippen LogP contribution in [0.4, 0.5) is 0 Å². The van der Waals surface area contributed by atoms with E-state index in [9.17, 15) is 4.79 Å². The van der Waals surface area contributed by atoms with Crippen molar-refractivity contribution in [3.63, 3.8) is 0 Å². The minimum Gasteiger partial charge on any atom is -0.481 e. The van der Waals surface area contributed by atoms with Gasteiger partial charge in [0.1, 0.15) is 5.75 Å². The number of para-hydroxylation sites is 1. The van der Waals surface area contributed by atoms with Crippen LogP contribution in [0.3, 0.4) is 0 Å². The zero-order valence-electron chi connectivity index (χ0n) is 10.6. The fourth-order valence-electron chi connectivity index (χ4n) is 1.59. The summed E-state index contributed by atoms with van der Waals surface area (Å²) in [6.45, 7) is 2.32. The molecule has 1 atom stereocenters. The first-order valence-corrected chi connectivity index (χ1v) is 5.72. The third kappa shape index (κ3) is 3.75. The third-order valence-corrected chi connectivity index (χ3v) is 2.48. The van der Waals surface area contributed by atoms with E-state index in [1.54, 1.807) is 21.0 Å². The smallest absolute Gasteiger partial charge is 0.262 e. The molecule has 4 heteroatoms. The zero-order chi connectivity index (χ0) is 12.8. The summed E-state index contributed by atoms with van der Waals surface area (Å²) in [5.41, 5.74) is 6.57. The Morgan fingerprint density at radius 2 is 2.06 bits per heavy atom. The fourth-order valence-corrected chi connectivity index (χ4v) is 1.59. The van der Waals surface area contributed by atoms with E-state index in [4.69, 9.17) is 10.5 Å². The molecule has 0 saturated heterocycles. The van der Waals surface area contributed by atoms with Crippen molar-refractivity contribution in [1.29, 1.82) is 0 Å². The molecule has 0 spiro atoms. The monoisotopic (exact) mass is 236 g/mol. The van der Waals surface area contributed by atoms with Crippen LogP contribution in [-0.4, -0.2) is 37.6 Å². The first-order valence-electron chi connectivity index (χ1n) is 5.72. The molecule has 0 aliphatic rings. The number of carbonyl (C=O) groups excluding carboxylic acids is 1. The molecule has 0 saturated carbocycles. The van der Waals surface area contributed by atoms with Crippen molar-refractivity contribution in [3.05, 3.63) is 29.8 Å². The average Bonchev–Trinajstić information content (AvgIpc) is 2.30. The number of likely N-dealkylation sites (N-methyl/N-ethyl adjacent to an activating group) is 1. The molecule has 4 nitrogen and oxygen atoms in total. The molecule has 1 aromatic carbocycles. The summed E-state index contributed by atoms with van der Waals surface area (Å²) >= 11 is 0. The number of carbonyl (C=O) groups is 1. The van der Waals surface area contributed by atoms with Crippen LogP contribution in [0.15, 0.2) is 24.3 Å². The lowest BCUT2D eigenvalue weighted by Crippen LogP contribution is -2.35. The predicted molar refractivity (Wildman–Crippen MR) is 68.0 cm³/mol. The summed E-state index contributed by atoms with van der Waals surface area (Å²) in [6, 6.07) is 7.66. The van der Waals surface area contributed by atoms with Gasteiger partial charge >= 0.3 is 0 Å². The van der Waals surface area contributed by atoms with Crippen molar-refractivity contribution in [2.24, 2.45) is 5.73 Å². The molecule has 0 heterocycles. The Bertz CT molecular complexity index is 377. The summed E-state index contributed by atoms with van der Waals surface area (Å²) < 4.78 is 5.67. The van der Waals surface area contributed by atoms with Gasteiger partial charge in [0.25, 0.3) is 5.91 Å². The molecule has 94 valence electrons. The number of ether oxygens (including phenoxy) is 1. The minimum absolute atomic E-state index is 0.0486. The fraction of sp³-hybridized carbons (Fsp3) is 0.462. The number of hydrogen-bond donors (Lipinski definition) is 1. The van der Waals surface area contributed by atoms with Crippen LogP contribution in [0.5, 0.6) is 5.75 Å². The van der Waals surface area contributed by atoms with Gasteiger partial charge in [-0.15, -0.1) is 0 Å². The Balaban J connectivity index is 2.77. The maximum Gasteiger partial charge on any atom is 0.262 e. The van der Waals surface area contributed by atoms with Crippen molar-refractivity contribution in [2.45, 2.75) is 19.4 Å². The largest absolute Gasteiger partial charge is 0.481 e. The summed E-state index contributed by atoms with van der Waals surface area (Å²) in [5, 5.41) is 0. The van der Waals surface area contributed by atoms with Crippen molar-refractivity contribution < 1.29 is 9.53 Å². The molecular weight excluding hydrogens is 216 g/mol. The molecule has 0 bridgehead atoms. The van der Waals surface area contributed by atoms with E-state index >= 15 is 0 Å². The number of rotatable bonds is 5. The zero-order valence-corrected chi connectivity index (χ0v) is 10.6. The van der Waals surface area contributed by atoms with E-state index in [0.717, 1.165) is 17.7 Å². The van der Waals surface area contributed by atoms with Crippen LogP contribution in [0.2, 0.25) is 0 Å². The maximum absolute atomic E-state index is 11.7. The SMILES string of the molecule is CC(Oc1ccccc1CCN)C(=O)N(C)C. The van der Waals surface area contributed by atoms with Crippen LogP contribution < -0.4 is 10.5 Å². The molecular formula is C13H20N2O2. The lowest BCUT2D eigenvalue weighted by Gasteiger charge is -2.19. The normalized spacial score (nSPS) is 12.0. The average molecular weight is 236 g/mol. The second-order valence-corrected chi connectivity index (χ2v) is 4.14. The van der Waals surface area contributed by atoms with Gasteiger partial charge in [0.15, 0.2) is 6.10 Å². The lowest BCUT2D eigenvalue weighted by molar-refractivity contribution is -0.135. The highest BCUT2D eigenvalue weighted by Gasteiger charge is 2.17. The highest BCUT2D eigenvalue weighted by molar-refractivity contribution is 5.80. The highest BCUT2D eigenvalue weighted by Crippen LogP contribution is 2.19. The quantitative estimate of drug-likeness (QED) is 0.831. The first-order chi connectivity index (χ1) is 8.06. The Morgan fingerprint density at radius 3 is 2.65 bits per heavy atom. The topological polar surface area (TPSA) is 55.6 Å². The van der Waals surface area contributed by atoms with Gasteiger partial charge < -0.3 is 15.4 Å². The molecule has 0 fully saturated rings. The molecule has 1 amide bonds. The maximum atomic E-state index is 11.7. The molecule has 1 unspecified atom stereocenters. The first kappa shape index (κ1) is 13.5. The Kier molecular flexibility index (Phi) is 4.97. The van der Waals surface area contributed by atoms with Crippen molar-refractivity contribution in [1.82, 2.24) is 4.90 Å². The second kappa shape index (κ2) is 6.25. The second-order valence-electron chi connectivity index (χ2n) is 4.14. The third-order valence-electron chi connectivity index (χ3n) is 2.48. The van der Waals surface area contributed by atoms with Crippen molar-refractivity contribution >= 4 is 5.91 Å². The Morgan fingerprint density at radius 1 is 1.41 bits per heavy atom. The van der Waals surface area contributed by atoms with Gasteiger partial charge in [-0.05, 0) is 31.5 Å². The van der Waals surface area contributed by atoms with Crippen molar-refractivity contribution in [3.8, 4) is 5.75 Å². The number of amides is 1. The molecule has 17 heavy (non-hydrogen) atoms. The molecule has 1 rings (SSSR count). The number of hydrogen-bond acceptors (Lipinski definition) is 3. The molecule has 0 radical (unpaired) electrons. The molecule has 0 aliphatic carbocycles. The van der Waals surface area contributed by atoms with Crippen molar-refractivity contribution in [2.75, 3.05) is 20.6 Å². The van der Waals surface area contributed by atoms with Gasteiger partial charge in [-0.2, -0.15) is 0 Å². The van der Waals surface area contributed by atoms with Gasteiger partial charge in [-0.1, -0.05) is 18.2 Å². The van der Waals surface area contributed by atoms with Crippen LogP contribution in [0.1, 0.15) is 12.5 Å². The summed E-state index contributed by atoms with van der Waals surface area (Å²) in [7, 11) is 3.43. The van der Waals surface area contributed by atoms with E-state index in [1.807, 2.05) is 24.3 Å². The van der Waals surface area contributed by atoms with Gasteiger partial charge in [0, 0.05) is 14.1 Å². The molecule has 1 aromatic rings. The van der Waals surface area contributed by atoms with Gasteiger partial charge in [0.2, 0.25) is 0 Å². The van der Waals surface area contributed by atoms with E-state index < -0.39 is 6.10 Å². The highest BCUT2D eigenvalue weighted by atomic mass is 16.5. The van der Waals surface area contributed by atoms with E-state index in [-0.39, 0.29) is 5.91 Å². The summed E-state index contributed by atoms with van der Waals surface area (Å²) in [5.74, 6) is 0.688. The van der Waals surface area contributed by atoms with Crippen LogP contribution in [0.25, 0.3) is 0 Å². The van der Waals surface area contributed by atoms with Gasteiger partial charge in [-0.3, -0.25) is 4.79 Å². The van der Waals surface area contributed by atoms with Crippen LogP contribution in [-0.2, 0) is 11.2 Å². The van der Waals surface area contributed by atoms with Gasteiger partial charge in [0.05, 0.1) is 0 Å². The number of nitrogens with zero attached hydrogens (tertiary/aromatic N) is 1. The van der Waals surface area contributed by atoms with E-state index in [2.05, 4.69) is 0 Å². The molecule has 0 aliphatic heterocycles. The Hall–Kier alpha value is -1.55. The van der Waals surface area contributed by atoms with E-state index in [1.165, 1.54) is 4.90 Å². The number of benzene rings is 1. The van der Waals surface area contributed by atoms with Gasteiger partial charge in [-0.25, -0.2) is 0 Å². The molecule has 0 aromatic heterocycles. The Labute approximate surface area is 102 Å². The standard InChI is InChI=1S/C13H20N2O2/c1-10(13(16)15(2)3)17-12-7-5-4-6-11(12)8-9-14/h4-7,10H,8-9,14H2,1-3H3. The predicted octanol–water partition coefficient (Wildman–Crippen LogP) is 1.04. The summed E-state index contributed by atoms with van der Waals surface area (Å²) in [4.78, 5) is 13.2. The number of nitrogens with two attached hydrogens (primary N) is 1. The van der Waals surface area contributed by atoms with Crippen LogP contribution in [0, 0.1) is 0 Å². The minimum atomic E-state index is -0.482. The molecule has 2 N–H and O–H groups in total. The van der Waals surface area contributed by atoms with E-state index in [0.29, 0.717) is 6.54 Å². The summed E-state index contributed by atoms with van der Waals surface area (Å²) in [6.07, 6.45) is 0.267. The van der Waals surface area contributed by atoms with Crippen LogP contribution >= 0.6 is 0 Å².